The molecule has 1 amide bonds. The number of aryl methyl sites for hydroxylation is 1. The summed E-state index contributed by atoms with van der Waals surface area (Å²) in [6.07, 6.45) is 9.19. The molecule has 1 saturated heterocycles. The topological polar surface area (TPSA) is 44.4 Å². The normalized spacial score (nSPS) is 19.4. The molecule has 1 aliphatic heterocycles. The smallest absolute Gasteiger partial charge is 0.217 e. The van der Waals surface area contributed by atoms with Gasteiger partial charge in [-0.15, -0.1) is 0 Å². The second-order valence-electron chi connectivity index (χ2n) is 9.86. The number of likely N-dealkylation sites (tertiary alicyclic amines) is 1. The van der Waals surface area contributed by atoms with Crippen molar-refractivity contribution in [2.45, 2.75) is 76.8 Å². The van der Waals surface area contributed by atoms with Crippen LogP contribution in [0.5, 0.6) is 0 Å². The number of nitrogens with zero attached hydrogens (tertiary/aromatic N) is 1. The van der Waals surface area contributed by atoms with Gasteiger partial charge in [-0.3, -0.25) is 4.79 Å². The first-order valence-corrected chi connectivity index (χ1v) is 12.5. The van der Waals surface area contributed by atoms with Crippen molar-refractivity contribution in [1.82, 2.24) is 10.2 Å². The van der Waals surface area contributed by atoms with Crippen LogP contribution in [0.4, 0.5) is 5.69 Å². The summed E-state index contributed by atoms with van der Waals surface area (Å²) in [7, 11) is 0. The molecule has 0 spiro atoms. The molecule has 2 fully saturated rings. The molecule has 2 aromatic rings. The van der Waals surface area contributed by atoms with Crippen molar-refractivity contribution in [2.75, 3.05) is 25.0 Å². The molecule has 0 bridgehead atoms. The number of anilines is 1. The van der Waals surface area contributed by atoms with E-state index in [-0.39, 0.29) is 11.4 Å². The summed E-state index contributed by atoms with van der Waals surface area (Å²) >= 11 is 0. The van der Waals surface area contributed by atoms with Crippen LogP contribution in [0.1, 0.15) is 68.6 Å². The SMILES string of the molecule is CC(=O)NC1(c2ccccc2CCN2CCC(Nc3ccc(C)cc3)CC2)CCCCC1. The van der Waals surface area contributed by atoms with Crippen molar-refractivity contribution >= 4 is 11.6 Å². The Bertz CT molecular complexity index is 878. The fourth-order valence-electron chi connectivity index (χ4n) is 5.62. The number of carbonyl (C=O) groups is 1. The van der Waals surface area contributed by atoms with E-state index in [1.54, 1.807) is 6.92 Å². The van der Waals surface area contributed by atoms with E-state index in [1.165, 1.54) is 54.5 Å². The number of hydrogen-bond donors (Lipinski definition) is 2. The summed E-state index contributed by atoms with van der Waals surface area (Å²) in [5.41, 5.74) is 5.12. The maximum absolute atomic E-state index is 12.1. The molecule has 2 aromatic carbocycles. The Labute approximate surface area is 193 Å². The van der Waals surface area contributed by atoms with Gasteiger partial charge in [-0.1, -0.05) is 61.2 Å². The van der Waals surface area contributed by atoms with E-state index in [1.807, 2.05) is 0 Å². The van der Waals surface area contributed by atoms with Crippen molar-refractivity contribution in [3.63, 3.8) is 0 Å². The minimum Gasteiger partial charge on any atom is -0.382 e. The highest BCUT2D eigenvalue weighted by Crippen LogP contribution is 2.39. The van der Waals surface area contributed by atoms with Crippen LogP contribution in [0.15, 0.2) is 48.5 Å². The minimum absolute atomic E-state index is 0.0878. The number of nitrogens with one attached hydrogen (secondary N) is 2. The largest absolute Gasteiger partial charge is 0.382 e. The van der Waals surface area contributed by atoms with Gasteiger partial charge in [0.25, 0.3) is 0 Å². The van der Waals surface area contributed by atoms with Gasteiger partial charge in [-0.05, 0) is 62.3 Å². The summed E-state index contributed by atoms with van der Waals surface area (Å²) in [5.74, 6) is 0.0878. The van der Waals surface area contributed by atoms with E-state index < -0.39 is 0 Å². The molecule has 4 nitrogen and oxygen atoms in total. The third kappa shape index (κ3) is 5.72. The van der Waals surface area contributed by atoms with E-state index in [0.717, 1.165) is 38.9 Å². The van der Waals surface area contributed by atoms with Crippen molar-refractivity contribution in [2.24, 2.45) is 0 Å². The molecule has 0 radical (unpaired) electrons. The molecular formula is C28H39N3O. The minimum atomic E-state index is -0.175. The number of rotatable bonds is 7. The predicted octanol–water partition coefficient (Wildman–Crippen LogP) is 5.41. The average Bonchev–Trinajstić information content (AvgIpc) is 2.80. The van der Waals surface area contributed by atoms with E-state index in [0.29, 0.717) is 6.04 Å². The lowest BCUT2D eigenvalue weighted by atomic mass is 9.74. The summed E-state index contributed by atoms with van der Waals surface area (Å²) in [5, 5.41) is 7.07. The molecule has 1 aliphatic carbocycles. The third-order valence-corrected chi connectivity index (χ3v) is 7.36. The van der Waals surface area contributed by atoms with E-state index >= 15 is 0 Å². The van der Waals surface area contributed by atoms with Crippen LogP contribution >= 0.6 is 0 Å². The van der Waals surface area contributed by atoms with Crippen molar-refractivity contribution in [1.29, 1.82) is 0 Å². The highest BCUT2D eigenvalue weighted by Gasteiger charge is 2.36. The molecule has 0 unspecified atom stereocenters. The highest BCUT2D eigenvalue weighted by atomic mass is 16.1. The summed E-state index contributed by atoms with van der Waals surface area (Å²) < 4.78 is 0. The molecule has 4 rings (SSSR count). The second kappa shape index (κ2) is 10.5. The van der Waals surface area contributed by atoms with Crippen LogP contribution < -0.4 is 10.6 Å². The first-order valence-electron chi connectivity index (χ1n) is 12.5. The summed E-state index contributed by atoms with van der Waals surface area (Å²) in [4.78, 5) is 14.7. The Morgan fingerprint density at radius 1 is 1.00 bits per heavy atom. The number of benzene rings is 2. The molecule has 2 aliphatic rings. The maximum atomic E-state index is 12.1. The number of amides is 1. The van der Waals surface area contributed by atoms with Gasteiger partial charge in [0.2, 0.25) is 5.91 Å². The van der Waals surface area contributed by atoms with Gasteiger partial charge in [-0.2, -0.15) is 0 Å². The fourth-order valence-corrected chi connectivity index (χ4v) is 5.62. The van der Waals surface area contributed by atoms with Crippen LogP contribution in [0.2, 0.25) is 0 Å². The Kier molecular flexibility index (Phi) is 7.51. The van der Waals surface area contributed by atoms with Crippen LogP contribution in [0.3, 0.4) is 0 Å². The first kappa shape index (κ1) is 22.8. The summed E-state index contributed by atoms with van der Waals surface area (Å²) in [6.45, 7) is 7.16. The zero-order valence-electron chi connectivity index (χ0n) is 19.8. The number of carbonyl (C=O) groups excluding carboxylic acids is 1. The molecule has 32 heavy (non-hydrogen) atoms. The Morgan fingerprint density at radius 3 is 2.38 bits per heavy atom. The van der Waals surface area contributed by atoms with Crippen molar-refractivity contribution in [3.05, 3.63) is 65.2 Å². The molecular weight excluding hydrogens is 394 g/mol. The molecule has 0 atom stereocenters. The van der Waals surface area contributed by atoms with Gasteiger partial charge < -0.3 is 15.5 Å². The molecule has 0 aromatic heterocycles. The Balaban J connectivity index is 1.35. The van der Waals surface area contributed by atoms with E-state index in [4.69, 9.17) is 0 Å². The van der Waals surface area contributed by atoms with Gasteiger partial charge in [0.05, 0.1) is 5.54 Å². The van der Waals surface area contributed by atoms with Gasteiger partial charge in [0.1, 0.15) is 0 Å². The standard InChI is InChI=1S/C28H39N3O/c1-22-10-12-25(13-11-22)29-26-15-20-31(21-16-26)19-14-24-8-4-5-9-27(24)28(30-23(2)32)17-6-3-7-18-28/h4-5,8-13,26,29H,3,6-7,14-21H2,1-2H3,(H,30,32). The van der Waals surface area contributed by atoms with Gasteiger partial charge in [0, 0.05) is 38.3 Å². The van der Waals surface area contributed by atoms with Crippen LogP contribution in [0.25, 0.3) is 0 Å². The van der Waals surface area contributed by atoms with Crippen LogP contribution in [-0.4, -0.2) is 36.5 Å². The van der Waals surface area contributed by atoms with Crippen molar-refractivity contribution in [3.8, 4) is 0 Å². The quantitative estimate of drug-likeness (QED) is 0.614. The van der Waals surface area contributed by atoms with E-state index in [2.05, 4.69) is 71.0 Å². The lowest BCUT2D eigenvalue weighted by Gasteiger charge is -2.40. The number of piperidine rings is 1. The molecule has 2 N–H and O–H groups in total. The van der Waals surface area contributed by atoms with Crippen molar-refractivity contribution < 1.29 is 4.79 Å². The molecule has 1 heterocycles. The average molecular weight is 434 g/mol. The predicted molar refractivity (Wildman–Crippen MR) is 133 cm³/mol. The number of hydrogen-bond acceptors (Lipinski definition) is 3. The second-order valence-corrected chi connectivity index (χ2v) is 9.86. The van der Waals surface area contributed by atoms with Crippen LogP contribution in [0, 0.1) is 6.92 Å². The zero-order chi connectivity index (χ0) is 22.4. The Hall–Kier alpha value is -2.33. The summed E-state index contributed by atoms with van der Waals surface area (Å²) in [6, 6.07) is 18.1. The molecule has 4 heteroatoms. The molecule has 172 valence electrons. The Morgan fingerprint density at radius 2 is 1.69 bits per heavy atom. The lowest BCUT2D eigenvalue weighted by molar-refractivity contribution is -0.121. The third-order valence-electron chi connectivity index (χ3n) is 7.36. The monoisotopic (exact) mass is 433 g/mol. The van der Waals surface area contributed by atoms with Gasteiger partial charge >= 0.3 is 0 Å². The van der Waals surface area contributed by atoms with Gasteiger partial charge in [0.15, 0.2) is 0 Å². The maximum Gasteiger partial charge on any atom is 0.217 e. The first-order chi connectivity index (χ1) is 15.5. The fraction of sp³-hybridized carbons (Fsp3) is 0.536. The molecule has 1 saturated carbocycles. The highest BCUT2D eigenvalue weighted by molar-refractivity contribution is 5.74. The van der Waals surface area contributed by atoms with Gasteiger partial charge in [-0.25, -0.2) is 0 Å². The lowest BCUT2D eigenvalue weighted by Crippen LogP contribution is -2.47. The van der Waals surface area contributed by atoms with Crippen LogP contribution in [-0.2, 0) is 16.8 Å². The van der Waals surface area contributed by atoms with E-state index in [9.17, 15) is 4.79 Å². The zero-order valence-corrected chi connectivity index (χ0v) is 19.8.